The molecule has 2 atom stereocenters. The second kappa shape index (κ2) is 6.03. The number of hydrogen-bond donors (Lipinski definition) is 2. The molecule has 2 N–H and O–H groups in total. The molecule has 0 radical (unpaired) electrons. The van der Waals surface area contributed by atoms with Gasteiger partial charge in [0.15, 0.2) is 0 Å². The van der Waals surface area contributed by atoms with Crippen molar-refractivity contribution in [2.24, 2.45) is 0 Å². The minimum Gasteiger partial charge on any atom is -0.445 e. The van der Waals surface area contributed by atoms with Crippen molar-refractivity contribution in [1.29, 1.82) is 0 Å². The predicted molar refractivity (Wildman–Crippen MR) is 74.4 cm³/mol. The highest BCUT2D eigenvalue weighted by molar-refractivity contribution is 14.1. The topological polar surface area (TPSA) is 67.4 Å². The number of rotatable bonds is 4. The molecule has 1 fully saturated rings. The maximum absolute atomic E-state index is 11.5. The Balaban J connectivity index is 1.77. The van der Waals surface area contributed by atoms with Gasteiger partial charge < -0.3 is 15.4 Å². The van der Waals surface area contributed by atoms with Gasteiger partial charge in [0.25, 0.3) is 0 Å². The van der Waals surface area contributed by atoms with Gasteiger partial charge in [-0.15, -0.1) is 0 Å². The predicted octanol–water partition coefficient (Wildman–Crippen LogP) is 1.21. The quantitative estimate of drug-likeness (QED) is 0.482. The first kappa shape index (κ1) is 13.1. The number of alkyl carbamates (subject to hydrolysis) is 1. The van der Waals surface area contributed by atoms with Crippen LogP contribution < -0.4 is 10.6 Å². The van der Waals surface area contributed by atoms with Crippen LogP contribution in [0.5, 0.6) is 0 Å². The average Bonchev–Trinajstić information content (AvgIpc) is 2.41. The van der Waals surface area contributed by atoms with E-state index in [0.29, 0.717) is 0 Å². The first-order valence-corrected chi connectivity index (χ1v) is 7.07. The van der Waals surface area contributed by atoms with E-state index >= 15 is 0 Å². The molecule has 0 bridgehead atoms. The molecule has 1 heterocycles. The minimum atomic E-state index is -0.562. The molecule has 0 aromatic heterocycles. The van der Waals surface area contributed by atoms with Gasteiger partial charge in [0, 0.05) is 4.43 Å². The lowest BCUT2D eigenvalue weighted by Gasteiger charge is -2.35. The first-order valence-electron chi connectivity index (χ1n) is 5.54. The van der Waals surface area contributed by atoms with E-state index in [2.05, 4.69) is 33.2 Å². The fraction of sp³-hybridized carbons (Fsp3) is 0.333. The summed E-state index contributed by atoms with van der Waals surface area (Å²) in [5.41, 5.74) is 0.913. The van der Waals surface area contributed by atoms with Crippen molar-refractivity contribution in [3.63, 3.8) is 0 Å². The fourth-order valence-electron chi connectivity index (χ4n) is 1.63. The Labute approximate surface area is 118 Å². The van der Waals surface area contributed by atoms with E-state index in [1.54, 1.807) is 0 Å². The summed E-state index contributed by atoms with van der Waals surface area (Å²) in [5.74, 6) is -0.159. The number of carbonyl (C=O) groups is 2. The molecule has 0 saturated carbocycles. The van der Waals surface area contributed by atoms with Crippen LogP contribution in [0.4, 0.5) is 4.79 Å². The SMILES string of the molecule is O=C(NC1C(=O)NC1CI)OCc1ccccc1. The molecule has 0 spiro atoms. The first-order chi connectivity index (χ1) is 8.70. The number of alkyl halides is 1. The summed E-state index contributed by atoms with van der Waals surface area (Å²) in [6, 6.07) is 8.93. The highest BCUT2D eigenvalue weighted by atomic mass is 127. The Morgan fingerprint density at radius 1 is 1.39 bits per heavy atom. The molecule has 96 valence electrons. The smallest absolute Gasteiger partial charge is 0.408 e. The van der Waals surface area contributed by atoms with Gasteiger partial charge in [-0.1, -0.05) is 52.9 Å². The van der Waals surface area contributed by atoms with E-state index in [0.717, 1.165) is 9.99 Å². The maximum atomic E-state index is 11.5. The maximum Gasteiger partial charge on any atom is 0.408 e. The standard InChI is InChI=1S/C12H13IN2O3/c13-6-9-10(11(16)14-9)15-12(17)18-7-8-4-2-1-3-5-8/h1-5,9-10H,6-7H2,(H,14,16)(H,15,17). The zero-order chi connectivity index (χ0) is 13.0. The van der Waals surface area contributed by atoms with Crippen LogP contribution in [0.1, 0.15) is 5.56 Å². The van der Waals surface area contributed by atoms with Gasteiger partial charge in [-0.2, -0.15) is 0 Å². The van der Waals surface area contributed by atoms with Crippen LogP contribution in [-0.4, -0.2) is 28.5 Å². The number of benzene rings is 1. The van der Waals surface area contributed by atoms with E-state index in [1.165, 1.54) is 0 Å². The van der Waals surface area contributed by atoms with Gasteiger partial charge in [-0.3, -0.25) is 4.79 Å². The summed E-state index contributed by atoms with van der Waals surface area (Å²) in [5, 5.41) is 5.26. The van der Waals surface area contributed by atoms with Crippen molar-refractivity contribution >= 4 is 34.6 Å². The Kier molecular flexibility index (Phi) is 4.40. The van der Waals surface area contributed by atoms with Crippen molar-refractivity contribution in [3.8, 4) is 0 Å². The van der Waals surface area contributed by atoms with Gasteiger partial charge >= 0.3 is 6.09 Å². The van der Waals surface area contributed by atoms with E-state index in [9.17, 15) is 9.59 Å². The van der Waals surface area contributed by atoms with Crippen LogP contribution in [0.2, 0.25) is 0 Å². The summed E-state index contributed by atoms with van der Waals surface area (Å²) in [7, 11) is 0. The van der Waals surface area contributed by atoms with Gasteiger partial charge in [-0.25, -0.2) is 4.79 Å². The van der Waals surface area contributed by atoms with E-state index in [4.69, 9.17) is 4.74 Å². The molecule has 5 nitrogen and oxygen atoms in total. The van der Waals surface area contributed by atoms with Crippen molar-refractivity contribution < 1.29 is 14.3 Å². The highest BCUT2D eigenvalue weighted by Gasteiger charge is 2.39. The van der Waals surface area contributed by atoms with Gasteiger partial charge in [0.05, 0.1) is 6.04 Å². The number of carbonyl (C=O) groups excluding carboxylic acids is 2. The fourth-order valence-corrected chi connectivity index (χ4v) is 2.36. The third-order valence-electron chi connectivity index (χ3n) is 2.66. The van der Waals surface area contributed by atoms with Crippen LogP contribution in [0.25, 0.3) is 0 Å². The largest absolute Gasteiger partial charge is 0.445 e. The normalized spacial score (nSPS) is 21.7. The molecule has 1 aromatic carbocycles. The molecular formula is C12H13IN2O3. The molecule has 1 aliphatic rings. The lowest BCUT2D eigenvalue weighted by Crippen LogP contribution is -2.69. The van der Waals surface area contributed by atoms with Crippen LogP contribution in [0, 0.1) is 0 Å². The summed E-state index contributed by atoms with van der Waals surface area (Å²) in [4.78, 5) is 22.7. The van der Waals surface area contributed by atoms with E-state index in [1.807, 2.05) is 30.3 Å². The van der Waals surface area contributed by atoms with Crippen molar-refractivity contribution in [3.05, 3.63) is 35.9 Å². The second-order valence-corrected chi connectivity index (χ2v) is 4.83. The summed E-state index contributed by atoms with van der Waals surface area (Å²) < 4.78 is 5.80. The third-order valence-corrected chi connectivity index (χ3v) is 3.61. The van der Waals surface area contributed by atoms with Gasteiger partial charge in [-0.05, 0) is 5.56 Å². The lowest BCUT2D eigenvalue weighted by molar-refractivity contribution is -0.130. The van der Waals surface area contributed by atoms with Crippen molar-refractivity contribution in [2.75, 3.05) is 4.43 Å². The molecule has 2 unspecified atom stereocenters. The average molecular weight is 360 g/mol. The summed E-state index contributed by atoms with van der Waals surface area (Å²) in [6.45, 7) is 0.204. The molecule has 2 rings (SSSR count). The summed E-state index contributed by atoms with van der Waals surface area (Å²) >= 11 is 2.16. The van der Waals surface area contributed by atoms with Crippen LogP contribution in [0.15, 0.2) is 30.3 Å². The third kappa shape index (κ3) is 3.12. The highest BCUT2D eigenvalue weighted by Crippen LogP contribution is 2.09. The molecule has 1 aliphatic heterocycles. The molecule has 1 saturated heterocycles. The number of hydrogen-bond acceptors (Lipinski definition) is 3. The Morgan fingerprint density at radius 2 is 2.11 bits per heavy atom. The van der Waals surface area contributed by atoms with Crippen molar-refractivity contribution in [2.45, 2.75) is 18.7 Å². The second-order valence-electron chi connectivity index (χ2n) is 3.95. The van der Waals surface area contributed by atoms with Gasteiger partial charge in [0.2, 0.25) is 5.91 Å². The molecule has 1 aromatic rings. The van der Waals surface area contributed by atoms with Crippen LogP contribution in [-0.2, 0) is 16.1 Å². The minimum absolute atomic E-state index is 0.00220. The van der Waals surface area contributed by atoms with E-state index in [-0.39, 0.29) is 18.6 Å². The van der Waals surface area contributed by atoms with Crippen LogP contribution >= 0.6 is 22.6 Å². The Bertz CT molecular complexity index is 438. The molecule has 18 heavy (non-hydrogen) atoms. The Morgan fingerprint density at radius 3 is 2.72 bits per heavy atom. The lowest BCUT2D eigenvalue weighted by atomic mass is 10.0. The number of halogens is 1. The molecule has 0 aliphatic carbocycles. The van der Waals surface area contributed by atoms with Gasteiger partial charge in [0.1, 0.15) is 12.6 Å². The molecule has 2 amide bonds. The monoisotopic (exact) mass is 360 g/mol. The van der Waals surface area contributed by atoms with Crippen molar-refractivity contribution in [1.82, 2.24) is 10.6 Å². The number of amides is 2. The zero-order valence-corrected chi connectivity index (χ0v) is 11.7. The number of nitrogens with one attached hydrogen (secondary N) is 2. The van der Waals surface area contributed by atoms with E-state index < -0.39 is 12.1 Å². The molecular weight excluding hydrogens is 347 g/mol. The number of β-lactam (4-membered cyclic amide) rings is 1. The zero-order valence-electron chi connectivity index (χ0n) is 9.56. The Hall–Kier alpha value is -1.31. The molecule has 6 heteroatoms. The number of ether oxygens (including phenoxy) is 1. The van der Waals surface area contributed by atoms with Crippen LogP contribution in [0.3, 0.4) is 0 Å². The summed E-state index contributed by atoms with van der Waals surface area (Å²) in [6.07, 6.45) is -0.562.